The Morgan fingerprint density at radius 3 is 2.58 bits per heavy atom. The lowest BCUT2D eigenvalue weighted by Gasteiger charge is -1.98. The summed E-state index contributed by atoms with van der Waals surface area (Å²) in [5.41, 5.74) is 0.657. The Bertz CT molecular complexity index is 413. The predicted molar refractivity (Wildman–Crippen MR) is 45.2 cm³/mol. The van der Waals surface area contributed by atoms with Gasteiger partial charge in [0.25, 0.3) is 5.56 Å². The van der Waals surface area contributed by atoms with Crippen LogP contribution in [0, 0.1) is 6.07 Å². The van der Waals surface area contributed by atoms with E-state index in [4.69, 9.17) is 0 Å². The average molecular weight is 159 g/mol. The third-order valence-corrected chi connectivity index (χ3v) is 1.61. The van der Waals surface area contributed by atoms with E-state index in [9.17, 15) is 4.79 Å². The van der Waals surface area contributed by atoms with Crippen molar-refractivity contribution in [1.29, 1.82) is 0 Å². The molecule has 12 heavy (non-hydrogen) atoms. The summed E-state index contributed by atoms with van der Waals surface area (Å²) in [5, 5.41) is 2.77. The molecule has 59 valence electrons. The number of H-pyrrole nitrogens is 1. The largest absolute Gasteiger partial charge is 0.298 e. The smallest absolute Gasteiger partial charge is 0.279 e. The zero-order valence-electron chi connectivity index (χ0n) is 6.32. The summed E-state index contributed by atoms with van der Waals surface area (Å²) < 4.78 is 1.43. The van der Waals surface area contributed by atoms with Gasteiger partial charge in [-0.3, -0.25) is 9.89 Å². The molecule has 0 saturated carbocycles. The van der Waals surface area contributed by atoms with Crippen molar-refractivity contribution in [3.8, 4) is 5.69 Å². The van der Waals surface area contributed by atoms with Crippen molar-refractivity contribution in [2.75, 3.05) is 0 Å². The number of benzene rings is 1. The van der Waals surface area contributed by atoms with Crippen molar-refractivity contribution in [2.45, 2.75) is 0 Å². The van der Waals surface area contributed by atoms with Gasteiger partial charge in [-0.2, -0.15) is 0 Å². The van der Waals surface area contributed by atoms with Gasteiger partial charge in [-0.15, -0.1) is 0 Å². The summed E-state index contributed by atoms with van der Waals surface area (Å²) in [6.07, 6.45) is 1.50. The molecule has 0 saturated heterocycles. The lowest BCUT2D eigenvalue weighted by atomic mass is 10.3. The summed E-state index contributed by atoms with van der Waals surface area (Å²) in [4.78, 5) is 11.1. The van der Waals surface area contributed by atoms with Gasteiger partial charge in [0.2, 0.25) is 0 Å². The number of nitrogens with one attached hydrogen (secondary N) is 1. The molecule has 0 amide bonds. The molecule has 0 fully saturated rings. The maximum atomic E-state index is 11.1. The Kier molecular flexibility index (Phi) is 1.55. The molecule has 0 aliphatic rings. The molecular weight excluding hydrogens is 152 g/mol. The summed E-state index contributed by atoms with van der Waals surface area (Å²) >= 11 is 0. The average Bonchev–Trinajstić information content (AvgIpc) is 2.53. The number of aromatic nitrogens is 2. The van der Waals surface area contributed by atoms with Gasteiger partial charge in [-0.1, -0.05) is 18.2 Å². The Balaban J connectivity index is 2.59. The van der Waals surface area contributed by atoms with Crippen LogP contribution in [0.1, 0.15) is 0 Å². The molecule has 0 unspecified atom stereocenters. The highest BCUT2D eigenvalue weighted by atomic mass is 16.1. The zero-order chi connectivity index (χ0) is 8.39. The molecule has 0 aliphatic heterocycles. The van der Waals surface area contributed by atoms with Crippen LogP contribution in [0.25, 0.3) is 5.69 Å². The predicted octanol–water partition coefficient (Wildman–Crippen LogP) is 0.966. The molecule has 1 aromatic heterocycles. The number of hydrogen-bond donors (Lipinski definition) is 1. The Hall–Kier alpha value is -1.77. The fourth-order valence-electron chi connectivity index (χ4n) is 1.05. The summed E-state index contributed by atoms with van der Waals surface area (Å²) in [7, 11) is 0. The fourth-order valence-corrected chi connectivity index (χ4v) is 1.05. The van der Waals surface area contributed by atoms with Crippen LogP contribution in [-0.4, -0.2) is 9.78 Å². The quantitative estimate of drug-likeness (QED) is 0.661. The summed E-state index contributed by atoms with van der Waals surface area (Å²) in [6.45, 7) is 0. The molecule has 0 aliphatic carbocycles. The van der Waals surface area contributed by atoms with Gasteiger partial charge >= 0.3 is 0 Å². The molecule has 0 spiro atoms. The first-order valence-electron chi connectivity index (χ1n) is 3.61. The Morgan fingerprint density at radius 2 is 2.00 bits per heavy atom. The number of rotatable bonds is 1. The van der Waals surface area contributed by atoms with Crippen LogP contribution < -0.4 is 5.56 Å². The van der Waals surface area contributed by atoms with Crippen LogP contribution in [0.15, 0.2) is 41.3 Å². The molecular formula is C9H7N2O. The second-order valence-electron chi connectivity index (χ2n) is 2.39. The molecule has 0 bridgehead atoms. The van der Waals surface area contributed by atoms with Crippen LogP contribution in [0.2, 0.25) is 0 Å². The first kappa shape index (κ1) is 6.91. The van der Waals surface area contributed by atoms with Gasteiger partial charge in [0.05, 0.1) is 11.8 Å². The molecule has 1 aromatic carbocycles. The van der Waals surface area contributed by atoms with Gasteiger partial charge in [-0.25, -0.2) is 4.68 Å². The molecule has 1 radical (unpaired) electrons. The molecule has 1 heterocycles. The first-order chi connectivity index (χ1) is 5.88. The van der Waals surface area contributed by atoms with Gasteiger partial charge in [0.1, 0.15) is 0 Å². The minimum absolute atomic E-state index is 0.166. The van der Waals surface area contributed by atoms with Gasteiger partial charge in [-0.05, 0) is 12.1 Å². The normalized spacial score (nSPS) is 10.0. The van der Waals surface area contributed by atoms with Crippen molar-refractivity contribution in [3.05, 3.63) is 52.9 Å². The minimum Gasteiger partial charge on any atom is -0.298 e. The van der Waals surface area contributed by atoms with E-state index in [1.54, 1.807) is 0 Å². The lowest BCUT2D eigenvalue weighted by Crippen LogP contribution is -2.13. The highest BCUT2D eigenvalue weighted by Crippen LogP contribution is 2.00. The Labute approximate surface area is 69.3 Å². The Morgan fingerprint density at radius 1 is 1.25 bits per heavy atom. The molecule has 3 nitrogen and oxygen atoms in total. The topological polar surface area (TPSA) is 37.8 Å². The lowest BCUT2D eigenvalue weighted by molar-refractivity contribution is 0.849. The first-order valence-corrected chi connectivity index (χ1v) is 3.61. The highest BCUT2D eigenvalue weighted by molar-refractivity contribution is 5.29. The monoisotopic (exact) mass is 159 g/mol. The van der Waals surface area contributed by atoms with E-state index in [1.807, 2.05) is 30.3 Å². The van der Waals surface area contributed by atoms with Crippen molar-refractivity contribution >= 4 is 0 Å². The standard InChI is InChI=1S/C9H7N2O/c12-9-6-7-10-11(9)8-4-2-1-3-5-8/h1-5,7,10H. The van der Waals surface area contributed by atoms with E-state index in [2.05, 4.69) is 11.2 Å². The second-order valence-corrected chi connectivity index (χ2v) is 2.39. The number of aromatic amines is 1. The molecule has 2 rings (SSSR count). The van der Waals surface area contributed by atoms with Crippen LogP contribution in [0.3, 0.4) is 0 Å². The van der Waals surface area contributed by atoms with E-state index in [-0.39, 0.29) is 5.56 Å². The second kappa shape index (κ2) is 2.70. The van der Waals surface area contributed by atoms with E-state index in [0.717, 1.165) is 5.69 Å². The molecule has 1 N–H and O–H groups in total. The SMILES string of the molecule is O=c1[c]c[nH]n1-c1ccccc1. The summed E-state index contributed by atoms with van der Waals surface area (Å²) in [6, 6.07) is 11.9. The van der Waals surface area contributed by atoms with E-state index < -0.39 is 0 Å². The summed E-state index contributed by atoms with van der Waals surface area (Å²) in [5.74, 6) is 0. The minimum atomic E-state index is -0.166. The number of nitrogens with zero attached hydrogens (tertiary/aromatic N) is 1. The maximum Gasteiger partial charge on any atom is 0.279 e. The van der Waals surface area contributed by atoms with E-state index in [1.165, 1.54) is 10.9 Å². The van der Waals surface area contributed by atoms with Crippen LogP contribution >= 0.6 is 0 Å². The van der Waals surface area contributed by atoms with Crippen molar-refractivity contribution in [3.63, 3.8) is 0 Å². The van der Waals surface area contributed by atoms with Crippen LogP contribution in [0.5, 0.6) is 0 Å². The van der Waals surface area contributed by atoms with Gasteiger partial charge in [0, 0.05) is 6.20 Å². The highest BCUT2D eigenvalue weighted by Gasteiger charge is 1.96. The zero-order valence-corrected chi connectivity index (χ0v) is 6.32. The van der Waals surface area contributed by atoms with Crippen molar-refractivity contribution < 1.29 is 0 Å². The maximum absolute atomic E-state index is 11.1. The van der Waals surface area contributed by atoms with Crippen LogP contribution in [-0.2, 0) is 0 Å². The number of hydrogen-bond acceptors (Lipinski definition) is 1. The van der Waals surface area contributed by atoms with Crippen molar-refractivity contribution in [1.82, 2.24) is 9.78 Å². The fraction of sp³-hybridized carbons (Fsp3) is 0. The van der Waals surface area contributed by atoms with E-state index in [0.29, 0.717) is 0 Å². The molecule has 3 heteroatoms. The molecule has 0 atom stereocenters. The van der Waals surface area contributed by atoms with Gasteiger partial charge in [0.15, 0.2) is 0 Å². The third kappa shape index (κ3) is 1.05. The third-order valence-electron chi connectivity index (χ3n) is 1.61. The van der Waals surface area contributed by atoms with E-state index >= 15 is 0 Å². The van der Waals surface area contributed by atoms with Crippen LogP contribution in [0.4, 0.5) is 0 Å². The molecule has 2 aromatic rings. The van der Waals surface area contributed by atoms with Gasteiger partial charge < -0.3 is 0 Å². The van der Waals surface area contributed by atoms with Crippen molar-refractivity contribution in [2.24, 2.45) is 0 Å². The number of para-hydroxylation sites is 1.